The molecule has 0 bridgehead atoms. The normalized spacial score (nSPS) is 10.7. The lowest BCUT2D eigenvalue weighted by Gasteiger charge is -2.05. The topological polar surface area (TPSA) is 88.8 Å². The molecular formula is C13H12N4O3S. The number of benzene rings is 1. The Morgan fingerprint density at radius 2 is 2.19 bits per heavy atom. The summed E-state index contributed by atoms with van der Waals surface area (Å²) in [7, 11) is 1.58. The summed E-state index contributed by atoms with van der Waals surface area (Å²) >= 11 is 1.23. The van der Waals surface area contributed by atoms with Crippen molar-refractivity contribution in [2.24, 2.45) is 0 Å². The molecule has 0 fully saturated rings. The number of rotatable bonds is 4. The minimum atomic E-state index is -0.222. The van der Waals surface area contributed by atoms with E-state index in [1.807, 2.05) is 0 Å². The third kappa shape index (κ3) is 2.65. The molecule has 0 radical (unpaired) electrons. The number of nitrogens with one attached hydrogen (secondary N) is 1. The number of methoxy groups -OCH3 is 1. The lowest BCUT2D eigenvalue weighted by Crippen LogP contribution is -2.13. The zero-order chi connectivity index (χ0) is 14.8. The maximum atomic E-state index is 12.0. The first kappa shape index (κ1) is 13.4. The number of carbonyl (C=O) groups excluding carboxylic acids is 1. The van der Waals surface area contributed by atoms with Gasteiger partial charge in [0.05, 0.1) is 18.4 Å². The van der Waals surface area contributed by atoms with Gasteiger partial charge in [-0.05, 0) is 24.3 Å². The van der Waals surface area contributed by atoms with E-state index in [0.29, 0.717) is 15.5 Å². The first-order valence-electron chi connectivity index (χ1n) is 6.11. The van der Waals surface area contributed by atoms with Crippen LogP contribution in [0, 0.1) is 0 Å². The van der Waals surface area contributed by atoms with Gasteiger partial charge >= 0.3 is 0 Å². The lowest BCUT2D eigenvalue weighted by atomic mass is 10.3. The van der Waals surface area contributed by atoms with Crippen LogP contribution >= 0.6 is 11.3 Å². The molecule has 1 aromatic carbocycles. The minimum Gasteiger partial charge on any atom is -0.497 e. The Bertz CT molecular complexity index is 778. The summed E-state index contributed by atoms with van der Waals surface area (Å²) in [4.78, 5) is 17.0. The molecule has 3 rings (SSSR count). The Morgan fingerprint density at radius 1 is 1.43 bits per heavy atom. The van der Waals surface area contributed by atoms with Crippen molar-refractivity contribution in [2.75, 3.05) is 12.4 Å². The molecule has 2 N–H and O–H groups in total. The molecule has 0 aliphatic rings. The highest BCUT2D eigenvalue weighted by Gasteiger charge is 2.16. The standard InChI is InChI=1S/C13H12N4O3S/c1-20-9-4-2-8(3-5-9)16-11(18)6-10-12(19)17-13(21-10)14-7-15-17/h2-5,7,19H,6H2,1H3,(H,16,18). The largest absolute Gasteiger partial charge is 0.497 e. The van der Waals surface area contributed by atoms with E-state index in [4.69, 9.17) is 4.74 Å². The number of fused-ring (bicyclic) bond motifs is 1. The molecule has 8 heteroatoms. The van der Waals surface area contributed by atoms with Gasteiger partial charge in [0.15, 0.2) is 0 Å². The Morgan fingerprint density at radius 3 is 2.86 bits per heavy atom. The highest BCUT2D eigenvalue weighted by atomic mass is 32.1. The summed E-state index contributed by atoms with van der Waals surface area (Å²) in [6.45, 7) is 0. The van der Waals surface area contributed by atoms with E-state index >= 15 is 0 Å². The number of hydrogen-bond acceptors (Lipinski definition) is 6. The van der Waals surface area contributed by atoms with E-state index in [-0.39, 0.29) is 18.2 Å². The average molecular weight is 304 g/mol. The van der Waals surface area contributed by atoms with Crippen molar-refractivity contribution in [3.8, 4) is 11.6 Å². The monoisotopic (exact) mass is 304 g/mol. The van der Waals surface area contributed by atoms with E-state index < -0.39 is 0 Å². The highest BCUT2D eigenvalue weighted by Crippen LogP contribution is 2.27. The predicted molar refractivity (Wildman–Crippen MR) is 77.9 cm³/mol. The van der Waals surface area contributed by atoms with Gasteiger partial charge in [-0.2, -0.15) is 9.61 Å². The first-order valence-corrected chi connectivity index (χ1v) is 6.93. The van der Waals surface area contributed by atoms with Gasteiger partial charge in [0.25, 0.3) is 0 Å². The van der Waals surface area contributed by atoms with Gasteiger partial charge in [-0.1, -0.05) is 11.3 Å². The molecule has 0 spiro atoms. The second-order valence-electron chi connectivity index (χ2n) is 4.26. The van der Waals surface area contributed by atoms with E-state index in [2.05, 4.69) is 15.4 Å². The molecule has 0 atom stereocenters. The Balaban J connectivity index is 1.70. The number of carbonyl (C=O) groups is 1. The number of aromatic nitrogens is 3. The summed E-state index contributed by atoms with van der Waals surface area (Å²) in [6, 6.07) is 7.02. The fourth-order valence-electron chi connectivity index (χ4n) is 1.86. The third-order valence-corrected chi connectivity index (χ3v) is 3.91. The molecule has 0 saturated carbocycles. The fourth-order valence-corrected chi connectivity index (χ4v) is 2.78. The number of anilines is 1. The summed E-state index contributed by atoms with van der Waals surface area (Å²) in [5.74, 6) is 0.452. The molecule has 2 heterocycles. The van der Waals surface area contributed by atoms with Crippen LogP contribution in [0.1, 0.15) is 4.88 Å². The third-order valence-electron chi connectivity index (χ3n) is 2.88. The Hall–Kier alpha value is -2.61. The Labute approximate surface area is 123 Å². The summed E-state index contributed by atoms with van der Waals surface area (Å²) in [5, 5.41) is 16.6. The van der Waals surface area contributed by atoms with Gasteiger partial charge in [0, 0.05) is 5.69 Å². The molecule has 7 nitrogen and oxygen atoms in total. The second-order valence-corrected chi connectivity index (χ2v) is 5.32. The van der Waals surface area contributed by atoms with Crippen molar-refractivity contribution in [1.29, 1.82) is 0 Å². The molecule has 2 aromatic heterocycles. The molecule has 0 aliphatic heterocycles. The minimum absolute atomic E-state index is 0.0441. The molecule has 3 aromatic rings. The van der Waals surface area contributed by atoms with Gasteiger partial charge in [-0.25, -0.2) is 4.98 Å². The van der Waals surface area contributed by atoms with Crippen LogP contribution in [0.15, 0.2) is 30.6 Å². The van der Waals surface area contributed by atoms with Crippen molar-refractivity contribution in [1.82, 2.24) is 14.6 Å². The van der Waals surface area contributed by atoms with Crippen molar-refractivity contribution in [3.05, 3.63) is 35.5 Å². The lowest BCUT2D eigenvalue weighted by molar-refractivity contribution is -0.115. The van der Waals surface area contributed by atoms with Crippen molar-refractivity contribution < 1.29 is 14.6 Å². The van der Waals surface area contributed by atoms with E-state index in [1.54, 1.807) is 31.4 Å². The molecular weight excluding hydrogens is 292 g/mol. The van der Waals surface area contributed by atoms with Crippen LogP contribution in [0.4, 0.5) is 5.69 Å². The number of nitrogens with zero attached hydrogens (tertiary/aromatic N) is 3. The SMILES string of the molecule is COc1ccc(NC(=O)Cc2sc3ncnn3c2O)cc1. The van der Waals surface area contributed by atoms with E-state index in [9.17, 15) is 9.90 Å². The van der Waals surface area contributed by atoms with Gasteiger partial charge in [-0.15, -0.1) is 0 Å². The predicted octanol–water partition coefficient (Wildman–Crippen LogP) is 1.69. The van der Waals surface area contributed by atoms with Crippen LogP contribution in [-0.4, -0.2) is 32.7 Å². The van der Waals surface area contributed by atoms with Gasteiger partial charge in [0.2, 0.25) is 16.7 Å². The quantitative estimate of drug-likeness (QED) is 0.765. The van der Waals surface area contributed by atoms with Crippen LogP contribution in [0.25, 0.3) is 4.96 Å². The zero-order valence-corrected chi connectivity index (χ0v) is 11.9. The number of ether oxygens (including phenoxy) is 1. The maximum absolute atomic E-state index is 12.0. The Kier molecular flexibility index (Phi) is 3.44. The van der Waals surface area contributed by atoms with Crippen LogP contribution in [0.5, 0.6) is 11.6 Å². The summed E-state index contributed by atoms with van der Waals surface area (Å²) in [5.41, 5.74) is 0.666. The van der Waals surface area contributed by atoms with Crippen LogP contribution < -0.4 is 10.1 Å². The average Bonchev–Trinajstić information content (AvgIpc) is 3.04. The van der Waals surface area contributed by atoms with Gasteiger partial charge in [0.1, 0.15) is 12.1 Å². The molecule has 21 heavy (non-hydrogen) atoms. The number of amides is 1. The smallest absolute Gasteiger partial charge is 0.229 e. The van der Waals surface area contributed by atoms with Crippen LogP contribution in [0.3, 0.4) is 0 Å². The van der Waals surface area contributed by atoms with Crippen molar-refractivity contribution in [2.45, 2.75) is 6.42 Å². The molecule has 0 aliphatic carbocycles. The van der Waals surface area contributed by atoms with Crippen molar-refractivity contribution >= 4 is 27.9 Å². The summed E-state index contributed by atoms with van der Waals surface area (Å²) < 4.78 is 6.36. The summed E-state index contributed by atoms with van der Waals surface area (Å²) in [6.07, 6.45) is 1.42. The van der Waals surface area contributed by atoms with E-state index in [0.717, 1.165) is 5.75 Å². The zero-order valence-electron chi connectivity index (χ0n) is 11.1. The number of hydrogen-bond donors (Lipinski definition) is 2. The molecule has 0 saturated heterocycles. The molecule has 1 amide bonds. The molecule has 0 unspecified atom stereocenters. The molecule has 108 valence electrons. The first-order chi connectivity index (χ1) is 10.2. The van der Waals surface area contributed by atoms with Crippen molar-refractivity contribution in [3.63, 3.8) is 0 Å². The maximum Gasteiger partial charge on any atom is 0.229 e. The number of aromatic hydroxyl groups is 1. The fraction of sp³-hybridized carbons (Fsp3) is 0.154. The van der Waals surface area contributed by atoms with Crippen LogP contribution in [-0.2, 0) is 11.2 Å². The van der Waals surface area contributed by atoms with E-state index in [1.165, 1.54) is 22.2 Å². The highest BCUT2D eigenvalue weighted by molar-refractivity contribution is 7.17. The second kappa shape index (κ2) is 5.41. The van der Waals surface area contributed by atoms with Gasteiger partial charge < -0.3 is 15.2 Å². The number of thiazole rings is 1. The van der Waals surface area contributed by atoms with Gasteiger partial charge in [-0.3, -0.25) is 4.79 Å². The van der Waals surface area contributed by atoms with Crippen LogP contribution in [0.2, 0.25) is 0 Å².